The summed E-state index contributed by atoms with van der Waals surface area (Å²) in [6, 6.07) is 20.6. The average molecular weight is 552 g/mol. The van der Waals surface area contributed by atoms with Crippen molar-refractivity contribution in [3.63, 3.8) is 0 Å². The second-order valence-corrected chi connectivity index (χ2v) is 12.2. The summed E-state index contributed by atoms with van der Waals surface area (Å²) < 4.78 is 29.3. The lowest BCUT2D eigenvalue weighted by Crippen LogP contribution is -2.52. The van der Waals surface area contributed by atoms with Crippen LogP contribution in [0.1, 0.15) is 48.2 Å². The molecule has 2 amide bonds. The van der Waals surface area contributed by atoms with E-state index in [-0.39, 0.29) is 23.3 Å². The lowest BCUT2D eigenvalue weighted by atomic mass is 9.70. The van der Waals surface area contributed by atoms with Crippen molar-refractivity contribution in [3.05, 3.63) is 94.5 Å². The number of rotatable bonds is 5. The highest BCUT2D eigenvalue weighted by Crippen LogP contribution is 2.53. The minimum atomic E-state index is -3.85. The van der Waals surface area contributed by atoms with Gasteiger partial charge in [0.1, 0.15) is 0 Å². The number of carbonyl (C=O) groups excluding carboxylic acids is 2. The van der Waals surface area contributed by atoms with Crippen LogP contribution in [0.5, 0.6) is 0 Å². The van der Waals surface area contributed by atoms with Crippen molar-refractivity contribution in [1.82, 2.24) is 10.2 Å². The van der Waals surface area contributed by atoms with E-state index < -0.39 is 21.5 Å². The number of nitrogens with one attached hydrogen (secondary N) is 1. The zero-order chi connectivity index (χ0) is 27.1. The van der Waals surface area contributed by atoms with Crippen LogP contribution in [0, 0.1) is 0 Å². The molecule has 7 nitrogen and oxygen atoms in total. The Bertz CT molecular complexity index is 1480. The number of carbonyl (C=O) groups is 2. The summed E-state index contributed by atoms with van der Waals surface area (Å²) in [6.45, 7) is 4.82. The lowest BCUT2D eigenvalue weighted by Gasteiger charge is -2.43. The molecule has 1 saturated heterocycles. The van der Waals surface area contributed by atoms with Crippen LogP contribution in [-0.2, 0) is 26.8 Å². The van der Waals surface area contributed by atoms with Crippen molar-refractivity contribution in [2.45, 2.75) is 49.6 Å². The Hall–Kier alpha value is -3.36. The van der Waals surface area contributed by atoms with Crippen LogP contribution >= 0.6 is 11.6 Å². The van der Waals surface area contributed by atoms with E-state index >= 15 is 0 Å². The minimum absolute atomic E-state index is 0.00666. The van der Waals surface area contributed by atoms with Gasteiger partial charge in [-0.15, -0.1) is 0 Å². The largest absolute Gasteiger partial charge is 0.348 e. The van der Waals surface area contributed by atoms with Gasteiger partial charge in [-0.25, -0.2) is 8.42 Å². The molecule has 0 aliphatic carbocycles. The second kappa shape index (κ2) is 10.1. The molecule has 2 aliphatic rings. The standard InChI is InChI=1S/C29H30ClN3O4S/c1-20-29(14-16-32(17-15-29)21(2)34)25-18-22(28(35)31-19-23-8-6-7-11-26(23)30)12-13-27(25)33(20)38(36,37)24-9-4-3-5-10-24/h3-13,18,20H,14-17,19H2,1-2H3,(H,31,35). The molecular formula is C29H30ClN3O4S. The molecule has 1 fully saturated rings. The van der Waals surface area contributed by atoms with Crippen molar-refractivity contribution in [2.75, 3.05) is 17.4 Å². The molecule has 0 radical (unpaired) electrons. The van der Waals surface area contributed by atoms with E-state index in [1.54, 1.807) is 60.4 Å². The van der Waals surface area contributed by atoms with Crippen LogP contribution in [0.15, 0.2) is 77.7 Å². The maximum atomic E-state index is 13.9. The number of likely N-dealkylation sites (tertiary alicyclic amines) is 1. The van der Waals surface area contributed by atoms with E-state index in [2.05, 4.69) is 5.32 Å². The van der Waals surface area contributed by atoms with Crippen molar-refractivity contribution < 1.29 is 18.0 Å². The Labute approximate surface area is 228 Å². The normalized spacial score (nSPS) is 18.3. The predicted molar refractivity (Wildman–Crippen MR) is 148 cm³/mol. The third-order valence-electron chi connectivity index (χ3n) is 7.98. The minimum Gasteiger partial charge on any atom is -0.348 e. The highest BCUT2D eigenvalue weighted by molar-refractivity contribution is 7.92. The highest BCUT2D eigenvalue weighted by atomic mass is 35.5. The van der Waals surface area contributed by atoms with E-state index in [1.807, 2.05) is 31.2 Å². The molecular weight excluding hydrogens is 522 g/mol. The van der Waals surface area contributed by atoms with Crippen LogP contribution in [0.4, 0.5) is 5.69 Å². The monoisotopic (exact) mass is 551 g/mol. The first-order valence-electron chi connectivity index (χ1n) is 12.7. The van der Waals surface area contributed by atoms with Gasteiger partial charge in [-0.2, -0.15) is 0 Å². The Morgan fingerprint density at radius 3 is 2.32 bits per heavy atom. The van der Waals surface area contributed by atoms with Gasteiger partial charge < -0.3 is 10.2 Å². The summed E-state index contributed by atoms with van der Waals surface area (Å²) in [7, 11) is -3.85. The van der Waals surface area contributed by atoms with Crippen LogP contribution in [0.2, 0.25) is 5.02 Å². The van der Waals surface area contributed by atoms with E-state index in [0.717, 1.165) is 11.1 Å². The van der Waals surface area contributed by atoms with E-state index in [4.69, 9.17) is 11.6 Å². The lowest BCUT2D eigenvalue weighted by molar-refractivity contribution is -0.130. The fraction of sp³-hybridized carbons (Fsp3) is 0.310. The number of nitrogens with zero attached hydrogens (tertiary/aromatic N) is 2. The zero-order valence-electron chi connectivity index (χ0n) is 21.4. The smallest absolute Gasteiger partial charge is 0.264 e. The first kappa shape index (κ1) is 26.3. The Morgan fingerprint density at radius 2 is 1.66 bits per heavy atom. The van der Waals surface area contributed by atoms with Gasteiger partial charge in [-0.05, 0) is 67.3 Å². The molecule has 3 aromatic carbocycles. The summed E-state index contributed by atoms with van der Waals surface area (Å²) in [4.78, 5) is 27.3. The molecule has 1 N–H and O–H groups in total. The number of fused-ring (bicyclic) bond motifs is 2. The van der Waals surface area contributed by atoms with Gasteiger partial charge in [0.2, 0.25) is 5.91 Å². The van der Waals surface area contributed by atoms with Crippen LogP contribution in [0.3, 0.4) is 0 Å². The number of amides is 2. The van der Waals surface area contributed by atoms with Gasteiger partial charge in [0.05, 0.1) is 16.6 Å². The first-order chi connectivity index (χ1) is 18.1. The quantitative estimate of drug-likeness (QED) is 0.496. The molecule has 2 aliphatic heterocycles. The Kier molecular flexibility index (Phi) is 6.96. The third kappa shape index (κ3) is 4.46. The molecule has 38 heavy (non-hydrogen) atoms. The fourth-order valence-electron chi connectivity index (χ4n) is 5.80. The summed E-state index contributed by atoms with van der Waals surface area (Å²) >= 11 is 6.25. The van der Waals surface area contributed by atoms with Crippen molar-refractivity contribution >= 4 is 39.1 Å². The first-order valence-corrected chi connectivity index (χ1v) is 14.5. The summed E-state index contributed by atoms with van der Waals surface area (Å²) in [5.41, 5.74) is 2.15. The molecule has 2 heterocycles. The number of sulfonamides is 1. The van der Waals surface area contributed by atoms with E-state index in [1.165, 1.54) is 4.31 Å². The molecule has 198 valence electrons. The van der Waals surface area contributed by atoms with Gasteiger partial charge in [-0.1, -0.05) is 48.0 Å². The van der Waals surface area contributed by atoms with Gasteiger partial charge in [0, 0.05) is 42.6 Å². The van der Waals surface area contributed by atoms with Gasteiger partial charge in [0.25, 0.3) is 15.9 Å². The molecule has 1 unspecified atom stereocenters. The maximum Gasteiger partial charge on any atom is 0.264 e. The fourth-order valence-corrected chi connectivity index (χ4v) is 7.76. The average Bonchev–Trinajstić information content (AvgIpc) is 3.16. The van der Waals surface area contributed by atoms with Crippen molar-refractivity contribution in [3.8, 4) is 0 Å². The van der Waals surface area contributed by atoms with Crippen molar-refractivity contribution in [1.29, 1.82) is 0 Å². The molecule has 5 rings (SSSR count). The summed E-state index contributed by atoms with van der Waals surface area (Å²) in [6.07, 6.45) is 1.21. The summed E-state index contributed by atoms with van der Waals surface area (Å²) in [5.74, 6) is -0.256. The number of hydrogen-bond acceptors (Lipinski definition) is 4. The third-order valence-corrected chi connectivity index (χ3v) is 10.2. The number of anilines is 1. The van der Waals surface area contributed by atoms with Gasteiger partial charge in [0.15, 0.2) is 0 Å². The van der Waals surface area contributed by atoms with Gasteiger partial charge >= 0.3 is 0 Å². The van der Waals surface area contributed by atoms with Gasteiger partial charge in [-0.3, -0.25) is 13.9 Å². The van der Waals surface area contributed by atoms with Crippen LogP contribution < -0.4 is 9.62 Å². The Morgan fingerprint density at radius 1 is 1.00 bits per heavy atom. The second-order valence-electron chi connectivity index (χ2n) is 9.96. The topological polar surface area (TPSA) is 86.8 Å². The maximum absolute atomic E-state index is 13.9. The number of piperidine rings is 1. The number of hydrogen-bond donors (Lipinski definition) is 1. The zero-order valence-corrected chi connectivity index (χ0v) is 22.9. The molecule has 0 aromatic heterocycles. The van der Waals surface area contributed by atoms with E-state index in [9.17, 15) is 18.0 Å². The Balaban J connectivity index is 1.53. The van der Waals surface area contributed by atoms with E-state index in [0.29, 0.717) is 42.2 Å². The molecule has 0 bridgehead atoms. The van der Waals surface area contributed by atoms with Crippen LogP contribution in [-0.4, -0.2) is 44.3 Å². The van der Waals surface area contributed by atoms with Crippen LogP contribution in [0.25, 0.3) is 0 Å². The highest BCUT2D eigenvalue weighted by Gasteiger charge is 2.54. The predicted octanol–water partition coefficient (Wildman–Crippen LogP) is 4.75. The molecule has 1 atom stereocenters. The number of halogens is 1. The number of benzene rings is 3. The SMILES string of the molecule is CC(=O)N1CCC2(CC1)c1cc(C(=O)NCc3ccccc3Cl)ccc1N(S(=O)(=O)c1ccccc1)C2C. The molecule has 3 aromatic rings. The summed E-state index contributed by atoms with van der Waals surface area (Å²) in [5, 5.41) is 3.51. The molecule has 0 saturated carbocycles. The molecule has 9 heteroatoms. The van der Waals surface area contributed by atoms with Crippen molar-refractivity contribution in [2.24, 2.45) is 0 Å². The molecule has 1 spiro atoms.